The Bertz CT molecular complexity index is 1230. The second-order valence-electron chi connectivity index (χ2n) is 9.19. The highest BCUT2D eigenvalue weighted by Gasteiger charge is 2.46. The van der Waals surface area contributed by atoms with Gasteiger partial charge in [0.05, 0.1) is 32.9 Å². The van der Waals surface area contributed by atoms with Crippen LogP contribution in [0.4, 0.5) is 0 Å². The van der Waals surface area contributed by atoms with Crippen molar-refractivity contribution >= 4 is 17.4 Å². The molecule has 4 rings (SSSR count). The molecule has 0 unspecified atom stereocenters. The number of carbonyl (C=O) groups is 2. The molecular weight excluding hydrogens is 504 g/mol. The molecule has 0 saturated carbocycles. The average molecular weight is 541 g/mol. The van der Waals surface area contributed by atoms with Gasteiger partial charge in [-0.25, -0.2) is 0 Å². The largest absolute Gasteiger partial charge is 0.507 e. The maximum absolute atomic E-state index is 13.5. The molecule has 1 N–H and O–H groups in total. The quantitative estimate of drug-likeness (QED) is 0.260. The van der Waals surface area contributed by atoms with Crippen molar-refractivity contribution in [3.05, 3.63) is 47.0 Å². The molecule has 0 aliphatic carbocycles. The third-order valence-electron chi connectivity index (χ3n) is 7.13. The zero-order chi connectivity index (χ0) is 28.1. The highest BCUT2D eigenvalue weighted by atomic mass is 16.6. The third-order valence-corrected chi connectivity index (χ3v) is 7.13. The van der Waals surface area contributed by atoms with Gasteiger partial charge in [0.25, 0.3) is 11.7 Å². The van der Waals surface area contributed by atoms with Crippen molar-refractivity contribution in [2.75, 3.05) is 60.7 Å². The molecule has 2 aliphatic heterocycles. The standard InChI is InChI=1S/C29H36N2O8/c1-6-30(7-2)11-8-12-31-25(19-16-22(35-3)28(37-5)23(17-19)36-4)24(27(33)29(31)34)26(32)18-9-10-20-21(15-18)39-14-13-38-20/h9-10,15-17,25,32H,6-8,11-14H2,1-5H3/t25-/m1/s1. The molecule has 1 atom stereocenters. The Morgan fingerprint density at radius 3 is 2.21 bits per heavy atom. The molecule has 2 aliphatic rings. The molecule has 0 bridgehead atoms. The molecule has 2 aromatic carbocycles. The summed E-state index contributed by atoms with van der Waals surface area (Å²) in [5, 5.41) is 11.5. The fourth-order valence-corrected chi connectivity index (χ4v) is 5.07. The predicted octanol–water partition coefficient (Wildman–Crippen LogP) is 3.64. The van der Waals surface area contributed by atoms with Crippen LogP contribution < -0.4 is 23.7 Å². The molecule has 39 heavy (non-hydrogen) atoms. The molecule has 0 aromatic heterocycles. The summed E-state index contributed by atoms with van der Waals surface area (Å²) in [6, 6.07) is 7.47. The lowest BCUT2D eigenvalue weighted by Crippen LogP contribution is -2.33. The monoisotopic (exact) mass is 540 g/mol. The number of Topliss-reactive ketones (excluding diaryl/α,β-unsaturated/α-hetero) is 1. The zero-order valence-corrected chi connectivity index (χ0v) is 23.1. The number of carbonyl (C=O) groups excluding carboxylic acids is 2. The number of aliphatic hydroxyl groups excluding tert-OH is 1. The summed E-state index contributed by atoms with van der Waals surface area (Å²) < 4.78 is 27.8. The zero-order valence-electron chi connectivity index (χ0n) is 23.1. The molecule has 1 saturated heterocycles. The van der Waals surface area contributed by atoms with Gasteiger partial charge in [-0.15, -0.1) is 0 Å². The van der Waals surface area contributed by atoms with Crippen molar-refractivity contribution in [1.29, 1.82) is 0 Å². The number of amides is 1. The van der Waals surface area contributed by atoms with Gasteiger partial charge in [0.15, 0.2) is 23.0 Å². The first-order valence-corrected chi connectivity index (χ1v) is 13.1. The Kier molecular flexibility index (Phi) is 8.86. The number of ketones is 1. The molecule has 2 heterocycles. The number of benzene rings is 2. The van der Waals surface area contributed by atoms with Crippen LogP contribution in [0.5, 0.6) is 28.7 Å². The number of nitrogens with zero attached hydrogens (tertiary/aromatic N) is 2. The molecule has 10 nitrogen and oxygen atoms in total. The van der Waals surface area contributed by atoms with Gasteiger partial charge in [-0.05, 0) is 62.0 Å². The highest BCUT2D eigenvalue weighted by Crippen LogP contribution is 2.46. The Morgan fingerprint density at radius 2 is 1.62 bits per heavy atom. The number of likely N-dealkylation sites (tertiary alicyclic amines) is 1. The van der Waals surface area contributed by atoms with Crippen LogP contribution in [0.1, 0.15) is 37.4 Å². The van der Waals surface area contributed by atoms with Gasteiger partial charge >= 0.3 is 0 Å². The molecule has 210 valence electrons. The van der Waals surface area contributed by atoms with Crippen molar-refractivity contribution in [2.45, 2.75) is 26.3 Å². The van der Waals surface area contributed by atoms with Crippen LogP contribution in [0, 0.1) is 0 Å². The lowest BCUT2D eigenvalue weighted by Gasteiger charge is -2.27. The van der Waals surface area contributed by atoms with Gasteiger partial charge in [0.2, 0.25) is 5.75 Å². The first kappa shape index (κ1) is 28.1. The van der Waals surface area contributed by atoms with Crippen molar-refractivity contribution in [1.82, 2.24) is 9.80 Å². The number of aliphatic hydroxyl groups is 1. The van der Waals surface area contributed by atoms with Crippen LogP contribution in [0.2, 0.25) is 0 Å². The molecule has 1 fully saturated rings. The number of rotatable bonds is 11. The van der Waals surface area contributed by atoms with Crippen LogP contribution in [0.15, 0.2) is 35.9 Å². The summed E-state index contributed by atoms with van der Waals surface area (Å²) in [5.41, 5.74) is 0.872. The summed E-state index contributed by atoms with van der Waals surface area (Å²) in [6.45, 7) is 7.82. The molecule has 0 radical (unpaired) electrons. The van der Waals surface area contributed by atoms with E-state index in [0.717, 1.165) is 19.6 Å². The molecule has 0 spiro atoms. The first-order valence-electron chi connectivity index (χ1n) is 13.1. The number of ether oxygens (including phenoxy) is 5. The summed E-state index contributed by atoms with van der Waals surface area (Å²) in [7, 11) is 4.50. The van der Waals surface area contributed by atoms with Crippen LogP contribution >= 0.6 is 0 Å². The molecule has 1 amide bonds. The normalized spacial score (nSPS) is 18.0. The summed E-state index contributed by atoms with van der Waals surface area (Å²) in [6.07, 6.45) is 0.652. The SMILES string of the molecule is CCN(CC)CCCN1C(=O)C(=O)C(=C(O)c2ccc3c(c2)OCCO3)[C@H]1c1cc(OC)c(OC)c(OC)c1. The van der Waals surface area contributed by atoms with Gasteiger partial charge in [0.1, 0.15) is 19.0 Å². The lowest BCUT2D eigenvalue weighted by atomic mass is 9.94. The minimum atomic E-state index is -0.872. The van der Waals surface area contributed by atoms with Crippen molar-refractivity contribution in [2.24, 2.45) is 0 Å². The van der Waals surface area contributed by atoms with E-state index in [1.807, 2.05) is 0 Å². The van der Waals surface area contributed by atoms with E-state index in [1.54, 1.807) is 30.3 Å². The summed E-state index contributed by atoms with van der Waals surface area (Å²) in [5.74, 6) is 0.416. The highest BCUT2D eigenvalue weighted by molar-refractivity contribution is 6.46. The lowest BCUT2D eigenvalue weighted by molar-refractivity contribution is -0.140. The fourth-order valence-electron chi connectivity index (χ4n) is 5.07. The smallest absolute Gasteiger partial charge is 0.295 e. The van der Waals surface area contributed by atoms with E-state index in [9.17, 15) is 14.7 Å². The Hall–Kier alpha value is -3.92. The van der Waals surface area contributed by atoms with Gasteiger partial charge in [0, 0.05) is 12.1 Å². The minimum Gasteiger partial charge on any atom is -0.507 e. The van der Waals surface area contributed by atoms with E-state index >= 15 is 0 Å². The number of hydrogen-bond donors (Lipinski definition) is 1. The van der Waals surface area contributed by atoms with E-state index in [2.05, 4.69) is 18.7 Å². The van der Waals surface area contributed by atoms with Crippen molar-refractivity contribution in [3.8, 4) is 28.7 Å². The Morgan fingerprint density at radius 1 is 0.974 bits per heavy atom. The van der Waals surface area contributed by atoms with Gasteiger partial charge in [-0.1, -0.05) is 13.8 Å². The predicted molar refractivity (Wildman–Crippen MR) is 145 cm³/mol. The van der Waals surface area contributed by atoms with E-state index in [0.29, 0.717) is 66.1 Å². The third kappa shape index (κ3) is 5.47. The molecular formula is C29H36N2O8. The van der Waals surface area contributed by atoms with Crippen molar-refractivity contribution < 1.29 is 38.4 Å². The van der Waals surface area contributed by atoms with Crippen LogP contribution in [-0.4, -0.2) is 87.3 Å². The summed E-state index contributed by atoms with van der Waals surface area (Å²) in [4.78, 5) is 30.6. The van der Waals surface area contributed by atoms with Crippen LogP contribution in [-0.2, 0) is 9.59 Å². The fraction of sp³-hybridized carbons (Fsp3) is 0.448. The number of hydrogen-bond acceptors (Lipinski definition) is 9. The molecule has 10 heteroatoms. The van der Waals surface area contributed by atoms with Crippen LogP contribution in [0.3, 0.4) is 0 Å². The van der Waals surface area contributed by atoms with E-state index in [4.69, 9.17) is 23.7 Å². The molecule has 2 aromatic rings. The van der Waals surface area contributed by atoms with E-state index in [-0.39, 0.29) is 11.3 Å². The second-order valence-corrected chi connectivity index (χ2v) is 9.19. The maximum Gasteiger partial charge on any atom is 0.295 e. The second kappa shape index (κ2) is 12.3. The maximum atomic E-state index is 13.5. The summed E-state index contributed by atoms with van der Waals surface area (Å²) >= 11 is 0. The van der Waals surface area contributed by atoms with Gasteiger partial charge in [-0.2, -0.15) is 0 Å². The first-order chi connectivity index (χ1) is 18.9. The van der Waals surface area contributed by atoms with E-state index in [1.165, 1.54) is 26.2 Å². The number of fused-ring (bicyclic) bond motifs is 1. The minimum absolute atomic E-state index is 0.0196. The van der Waals surface area contributed by atoms with E-state index < -0.39 is 17.7 Å². The average Bonchev–Trinajstić information content (AvgIpc) is 3.22. The topological polar surface area (TPSA) is 107 Å². The number of methoxy groups -OCH3 is 3. The van der Waals surface area contributed by atoms with Gasteiger partial charge in [-0.3, -0.25) is 9.59 Å². The van der Waals surface area contributed by atoms with Gasteiger partial charge < -0.3 is 38.6 Å². The van der Waals surface area contributed by atoms with Crippen LogP contribution in [0.25, 0.3) is 5.76 Å². The van der Waals surface area contributed by atoms with Crippen molar-refractivity contribution in [3.63, 3.8) is 0 Å². The Balaban J connectivity index is 1.83. The Labute approximate surface area is 228 Å².